The number of nitrogens with zero attached hydrogens (tertiary/aromatic N) is 3. The van der Waals surface area contributed by atoms with Gasteiger partial charge in [0, 0.05) is 13.0 Å². The zero-order valence-corrected chi connectivity index (χ0v) is 11.0. The fraction of sp³-hybridized carbons (Fsp3) is 0.429. The van der Waals surface area contributed by atoms with Crippen molar-refractivity contribution in [2.45, 2.75) is 31.8 Å². The van der Waals surface area contributed by atoms with Crippen LogP contribution >= 0.6 is 0 Å². The highest BCUT2D eigenvalue weighted by molar-refractivity contribution is 5.30. The molecule has 1 aliphatic heterocycles. The predicted octanol–water partition coefficient (Wildman–Crippen LogP) is 1.67. The van der Waals surface area contributed by atoms with E-state index in [1.54, 1.807) is 7.11 Å². The number of fused-ring (bicyclic) bond motifs is 1. The van der Waals surface area contributed by atoms with Crippen molar-refractivity contribution in [3.8, 4) is 5.75 Å². The van der Waals surface area contributed by atoms with Crippen molar-refractivity contribution >= 4 is 0 Å². The van der Waals surface area contributed by atoms with Gasteiger partial charge >= 0.3 is 0 Å². The predicted molar refractivity (Wildman–Crippen MR) is 72.0 cm³/mol. The van der Waals surface area contributed by atoms with Crippen LogP contribution in [0.5, 0.6) is 5.75 Å². The third kappa shape index (κ3) is 2.46. The van der Waals surface area contributed by atoms with E-state index < -0.39 is 0 Å². The quantitative estimate of drug-likeness (QED) is 0.909. The Morgan fingerprint density at radius 2 is 2.37 bits per heavy atom. The highest BCUT2D eigenvalue weighted by Crippen LogP contribution is 2.21. The number of ether oxygens (including phenoxy) is 1. The summed E-state index contributed by atoms with van der Waals surface area (Å²) in [6, 6.07) is 8.02. The average molecular weight is 258 g/mol. The molecule has 0 amide bonds. The number of hydrogen-bond donors (Lipinski definition) is 1. The molecule has 0 saturated carbocycles. The molecule has 2 heterocycles. The van der Waals surface area contributed by atoms with Gasteiger partial charge in [-0.1, -0.05) is 12.1 Å². The second kappa shape index (κ2) is 5.01. The van der Waals surface area contributed by atoms with Crippen molar-refractivity contribution in [2.75, 3.05) is 7.11 Å². The van der Waals surface area contributed by atoms with E-state index in [2.05, 4.69) is 16.1 Å². The van der Waals surface area contributed by atoms with Crippen LogP contribution < -0.4 is 10.5 Å². The van der Waals surface area contributed by atoms with Crippen molar-refractivity contribution in [1.82, 2.24) is 14.8 Å². The normalized spacial score (nSPS) is 18.1. The molecule has 5 nitrogen and oxygen atoms in total. The number of methoxy groups -OCH3 is 1. The zero-order chi connectivity index (χ0) is 13.2. The Hall–Kier alpha value is -1.88. The lowest BCUT2D eigenvalue weighted by Crippen LogP contribution is -2.22. The van der Waals surface area contributed by atoms with E-state index in [1.165, 1.54) is 0 Å². The van der Waals surface area contributed by atoms with Crippen molar-refractivity contribution in [2.24, 2.45) is 5.73 Å². The summed E-state index contributed by atoms with van der Waals surface area (Å²) < 4.78 is 7.17. The Balaban J connectivity index is 1.83. The Morgan fingerprint density at radius 1 is 1.47 bits per heavy atom. The lowest BCUT2D eigenvalue weighted by Gasteiger charge is -2.17. The summed E-state index contributed by atoms with van der Waals surface area (Å²) in [5.74, 6) is 2.61. The fourth-order valence-electron chi connectivity index (χ4n) is 2.47. The summed E-state index contributed by atoms with van der Waals surface area (Å²) in [5, 5.41) is 4.54. The Bertz CT molecular complexity index is 579. The third-order valence-corrected chi connectivity index (χ3v) is 3.46. The van der Waals surface area contributed by atoms with Crippen LogP contribution in [0, 0.1) is 0 Å². The zero-order valence-electron chi connectivity index (χ0n) is 11.0. The lowest BCUT2D eigenvalue weighted by atomic mass is 10.1. The molecule has 0 spiro atoms. The second-order valence-electron chi connectivity index (χ2n) is 4.89. The van der Waals surface area contributed by atoms with Gasteiger partial charge in [0.15, 0.2) is 5.82 Å². The van der Waals surface area contributed by atoms with Crippen LogP contribution in [0.25, 0.3) is 0 Å². The topological polar surface area (TPSA) is 66.0 Å². The summed E-state index contributed by atoms with van der Waals surface area (Å²) in [6.45, 7) is 0.925. The first-order valence-electron chi connectivity index (χ1n) is 6.58. The molecule has 2 aromatic rings. The van der Waals surface area contributed by atoms with Gasteiger partial charge in [-0.25, -0.2) is 9.67 Å². The van der Waals surface area contributed by atoms with Crippen LogP contribution in [0.2, 0.25) is 0 Å². The first-order chi connectivity index (χ1) is 9.26. The number of rotatable bonds is 3. The first-order valence-corrected chi connectivity index (χ1v) is 6.58. The Morgan fingerprint density at radius 3 is 3.16 bits per heavy atom. The molecule has 5 heteroatoms. The minimum Gasteiger partial charge on any atom is -0.497 e. The van der Waals surface area contributed by atoms with Gasteiger partial charge in [-0.05, 0) is 30.5 Å². The third-order valence-electron chi connectivity index (χ3n) is 3.46. The molecule has 19 heavy (non-hydrogen) atoms. The number of hydrogen-bond acceptors (Lipinski definition) is 4. The van der Waals surface area contributed by atoms with Crippen LogP contribution in [-0.4, -0.2) is 21.9 Å². The first kappa shape index (κ1) is 12.2. The fourth-order valence-corrected chi connectivity index (χ4v) is 2.47. The van der Waals surface area contributed by atoms with Gasteiger partial charge < -0.3 is 10.5 Å². The molecule has 2 N–H and O–H groups in total. The molecule has 0 fully saturated rings. The van der Waals surface area contributed by atoms with E-state index >= 15 is 0 Å². The van der Waals surface area contributed by atoms with Gasteiger partial charge in [-0.2, -0.15) is 5.10 Å². The van der Waals surface area contributed by atoms with E-state index in [0.717, 1.165) is 42.3 Å². The van der Waals surface area contributed by atoms with E-state index in [-0.39, 0.29) is 6.04 Å². The van der Waals surface area contributed by atoms with Gasteiger partial charge in [0.1, 0.15) is 11.6 Å². The smallest absolute Gasteiger partial charge is 0.155 e. The van der Waals surface area contributed by atoms with Crippen LogP contribution in [0.4, 0.5) is 0 Å². The molecule has 1 unspecified atom stereocenters. The molecule has 0 saturated heterocycles. The molecule has 1 aromatic carbocycles. The van der Waals surface area contributed by atoms with Gasteiger partial charge in [-0.3, -0.25) is 0 Å². The number of benzene rings is 1. The van der Waals surface area contributed by atoms with Crippen molar-refractivity contribution in [3.63, 3.8) is 0 Å². The summed E-state index contributed by atoms with van der Waals surface area (Å²) in [7, 11) is 1.67. The minimum absolute atomic E-state index is 0.0281. The minimum atomic E-state index is 0.0281. The van der Waals surface area contributed by atoms with Crippen molar-refractivity contribution in [3.05, 3.63) is 41.5 Å². The van der Waals surface area contributed by atoms with E-state index in [4.69, 9.17) is 10.5 Å². The van der Waals surface area contributed by atoms with Crippen LogP contribution in [0.15, 0.2) is 24.3 Å². The van der Waals surface area contributed by atoms with Crippen molar-refractivity contribution in [1.29, 1.82) is 0 Å². The number of aromatic nitrogens is 3. The standard InChI is InChI=1S/C14H18N4O/c1-19-11-5-2-4-10(8-11)9-13-16-14-12(15)6-3-7-18(14)17-13/h2,4-5,8,12H,3,6-7,9,15H2,1H3. The van der Waals surface area contributed by atoms with E-state index in [1.807, 2.05) is 22.9 Å². The monoisotopic (exact) mass is 258 g/mol. The molecule has 0 aliphatic carbocycles. The Kier molecular flexibility index (Phi) is 3.21. The summed E-state index contributed by atoms with van der Waals surface area (Å²) in [5.41, 5.74) is 7.20. The molecular weight excluding hydrogens is 240 g/mol. The van der Waals surface area contributed by atoms with Crippen LogP contribution in [-0.2, 0) is 13.0 Å². The van der Waals surface area contributed by atoms with E-state index in [0.29, 0.717) is 6.42 Å². The SMILES string of the molecule is COc1cccc(Cc2nc3n(n2)CCCC3N)c1. The summed E-state index contributed by atoms with van der Waals surface area (Å²) in [6.07, 6.45) is 2.79. The molecule has 0 bridgehead atoms. The lowest BCUT2D eigenvalue weighted by molar-refractivity contribution is 0.414. The molecule has 100 valence electrons. The van der Waals surface area contributed by atoms with Gasteiger partial charge in [0.25, 0.3) is 0 Å². The highest BCUT2D eigenvalue weighted by Gasteiger charge is 2.20. The average Bonchev–Trinajstić information content (AvgIpc) is 2.83. The molecule has 0 radical (unpaired) electrons. The van der Waals surface area contributed by atoms with Crippen molar-refractivity contribution < 1.29 is 4.74 Å². The summed E-state index contributed by atoms with van der Waals surface area (Å²) in [4.78, 5) is 4.57. The van der Waals surface area contributed by atoms with Crippen LogP contribution in [0.3, 0.4) is 0 Å². The van der Waals surface area contributed by atoms with Gasteiger partial charge in [-0.15, -0.1) is 0 Å². The maximum absolute atomic E-state index is 6.06. The molecular formula is C14H18N4O. The molecule has 1 aromatic heterocycles. The summed E-state index contributed by atoms with van der Waals surface area (Å²) >= 11 is 0. The van der Waals surface area contributed by atoms with Crippen LogP contribution in [0.1, 0.15) is 36.1 Å². The molecule has 1 aliphatic rings. The van der Waals surface area contributed by atoms with Gasteiger partial charge in [0.05, 0.1) is 13.2 Å². The second-order valence-corrected chi connectivity index (χ2v) is 4.89. The molecule has 3 rings (SSSR count). The van der Waals surface area contributed by atoms with E-state index in [9.17, 15) is 0 Å². The number of aryl methyl sites for hydroxylation is 1. The highest BCUT2D eigenvalue weighted by atomic mass is 16.5. The number of nitrogens with two attached hydrogens (primary N) is 1. The Labute approximate surface area is 112 Å². The molecule has 1 atom stereocenters. The van der Waals surface area contributed by atoms with Gasteiger partial charge in [0.2, 0.25) is 0 Å². The maximum Gasteiger partial charge on any atom is 0.155 e. The maximum atomic E-state index is 6.06. The largest absolute Gasteiger partial charge is 0.497 e.